The van der Waals surface area contributed by atoms with E-state index >= 15 is 0 Å². The van der Waals surface area contributed by atoms with Crippen LogP contribution in [0.5, 0.6) is 0 Å². The van der Waals surface area contributed by atoms with E-state index in [0.717, 1.165) is 30.4 Å². The Morgan fingerprint density at radius 3 is 2.21 bits per heavy atom. The topological polar surface area (TPSA) is 105 Å². The van der Waals surface area contributed by atoms with Crippen LogP contribution in [0.2, 0.25) is 0 Å². The number of nitrogens with one attached hydrogen (secondary N) is 2. The molecule has 178 valence electrons. The normalized spacial score (nSPS) is 25.1. The minimum absolute atomic E-state index is 0.00168. The summed E-state index contributed by atoms with van der Waals surface area (Å²) in [5, 5.41) is 14.8. The Kier molecular flexibility index (Phi) is 6.26. The molecule has 0 spiro atoms. The molecule has 7 heteroatoms. The first-order valence-corrected chi connectivity index (χ1v) is 12.1. The quantitative estimate of drug-likeness (QED) is 0.576. The molecule has 7 nitrogen and oxygen atoms in total. The number of alkyl carbamates (subject to hydrolysis) is 1. The van der Waals surface area contributed by atoms with Crippen LogP contribution in [-0.2, 0) is 14.3 Å². The number of carboxylic acid groups (broad SMARTS) is 1. The summed E-state index contributed by atoms with van der Waals surface area (Å²) in [4.78, 5) is 36.3. The summed E-state index contributed by atoms with van der Waals surface area (Å²) >= 11 is 0. The number of benzene rings is 2. The van der Waals surface area contributed by atoms with Crippen molar-refractivity contribution in [3.63, 3.8) is 0 Å². The lowest BCUT2D eigenvalue weighted by Gasteiger charge is -2.36. The first-order valence-electron chi connectivity index (χ1n) is 12.1. The van der Waals surface area contributed by atoms with Crippen molar-refractivity contribution < 1.29 is 24.2 Å². The second-order valence-corrected chi connectivity index (χ2v) is 9.75. The van der Waals surface area contributed by atoms with Crippen LogP contribution in [0.25, 0.3) is 11.1 Å². The van der Waals surface area contributed by atoms with Gasteiger partial charge in [-0.2, -0.15) is 0 Å². The van der Waals surface area contributed by atoms with E-state index in [-0.39, 0.29) is 48.8 Å². The minimum Gasteiger partial charge on any atom is -0.481 e. The molecule has 0 heterocycles. The van der Waals surface area contributed by atoms with Crippen molar-refractivity contribution in [2.24, 2.45) is 11.8 Å². The fourth-order valence-corrected chi connectivity index (χ4v) is 5.81. The molecule has 2 aromatic rings. The van der Waals surface area contributed by atoms with Gasteiger partial charge < -0.3 is 20.5 Å². The summed E-state index contributed by atoms with van der Waals surface area (Å²) in [7, 11) is 0. The van der Waals surface area contributed by atoms with Gasteiger partial charge >= 0.3 is 12.1 Å². The lowest BCUT2D eigenvalue weighted by atomic mass is 9.78. The Morgan fingerprint density at radius 1 is 0.912 bits per heavy atom. The lowest BCUT2D eigenvalue weighted by molar-refractivity contribution is -0.139. The van der Waals surface area contributed by atoms with Crippen LogP contribution in [-0.4, -0.2) is 41.8 Å². The smallest absolute Gasteiger partial charge is 0.407 e. The third-order valence-corrected chi connectivity index (χ3v) is 7.55. The fourth-order valence-electron chi connectivity index (χ4n) is 5.81. The highest BCUT2D eigenvalue weighted by Gasteiger charge is 2.38. The highest BCUT2D eigenvalue weighted by molar-refractivity contribution is 5.81. The molecule has 3 aliphatic carbocycles. The zero-order chi connectivity index (χ0) is 23.7. The van der Waals surface area contributed by atoms with E-state index in [2.05, 4.69) is 34.9 Å². The van der Waals surface area contributed by atoms with Crippen LogP contribution < -0.4 is 10.6 Å². The van der Waals surface area contributed by atoms with E-state index in [4.69, 9.17) is 9.84 Å². The van der Waals surface area contributed by atoms with Crippen molar-refractivity contribution in [1.82, 2.24) is 10.6 Å². The molecular weight excluding hydrogens is 432 g/mol. The van der Waals surface area contributed by atoms with Gasteiger partial charge in [-0.25, -0.2) is 4.79 Å². The number of aliphatic carboxylic acids is 1. The first-order chi connectivity index (χ1) is 16.5. The van der Waals surface area contributed by atoms with E-state index < -0.39 is 12.1 Å². The number of carboxylic acids is 1. The maximum atomic E-state index is 12.8. The highest BCUT2D eigenvalue weighted by atomic mass is 16.5. The van der Waals surface area contributed by atoms with Crippen molar-refractivity contribution in [1.29, 1.82) is 0 Å². The third-order valence-electron chi connectivity index (χ3n) is 7.55. The number of rotatable bonds is 7. The van der Waals surface area contributed by atoms with Crippen LogP contribution in [0.3, 0.4) is 0 Å². The van der Waals surface area contributed by atoms with E-state index in [1.54, 1.807) is 0 Å². The van der Waals surface area contributed by atoms with Crippen LogP contribution in [0, 0.1) is 11.8 Å². The zero-order valence-corrected chi connectivity index (χ0v) is 19.0. The van der Waals surface area contributed by atoms with Crippen molar-refractivity contribution in [2.45, 2.75) is 56.5 Å². The standard InChI is InChI=1S/C27H30N2O5/c30-25(31)14-16-12-17(13-16)28-26(32)22-10-5-11-24(22)29-27(33)34-15-23-20-8-3-1-6-18(20)19-7-2-4-9-21(19)23/h1-4,6-9,16-17,22-24H,5,10-15H2,(H,28,32)(H,29,33)(H,30,31). The molecule has 2 unspecified atom stereocenters. The number of amides is 2. The Hall–Kier alpha value is -3.35. The van der Waals surface area contributed by atoms with Gasteiger partial charge in [-0.05, 0) is 53.9 Å². The largest absolute Gasteiger partial charge is 0.481 e. The Morgan fingerprint density at radius 2 is 1.56 bits per heavy atom. The van der Waals surface area contributed by atoms with Gasteiger partial charge in [0.15, 0.2) is 0 Å². The highest BCUT2D eigenvalue weighted by Crippen LogP contribution is 2.44. The van der Waals surface area contributed by atoms with Crippen LogP contribution in [0.15, 0.2) is 48.5 Å². The molecule has 2 amide bonds. The molecule has 0 aromatic heterocycles. The van der Waals surface area contributed by atoms with Crippen LogP contribution in [0.1, 0.15) is 55.6 Å². The summed E-state index contributed by atoms with van der Waals surface area (Å²) in [6.07, 6.45) is 3.42. The Balaban J connectivity index is 1.14. The maximum Gasteiger partial charge on any atom is 0.407 e. The first kappa shape index (κ1) is 22.4. The molecule has 2 aromatic carbocycles. The van der Waals surface area contributed by atoms with Crippen molar-refractivity contribution in [3.05, 3.63) is 59.7 Å². The summed E-state index contributed by atoms with van der Waals surface area (Å²) in [5.74, 6) is -0.989. The fraction of sp³-hybridized carbons (Fsp3) is 0.444. The second-order valence-electron chi connectivity index (χ2n) is 9.75. The predicted molar refractivity (Wildman–Crippen MR) is 126 cm³/mol. The van der Waals surface area contributed by atoms with Gasteiger partial charge in [0.1, 0.15) is 6.61 Å². The molecule has 0 saturated heterocycles. The zero-order valence-electron chi connectivity index (χ0n) is 19.0. The number of hydrogen-bond acceptors (Lipinski definition) is 4. The number of hydrogen-bond donors (Lipinski definition) is 3. The monoisotopic (exact) mass is 462 g/mol. The second kappa shape index (κ2) is 9.49. The number of carbonyl (C=O) groups excluding carboxylic acids is 2. The Labute approximate surface area is 198 Å². The van der Waals surface area contributed by atoms with Gasteiger partial charge in [0, 0.05) is 24.4 Å². The molecule has 34 heavy (non-hydrogen) atoms. The molecule has 2 atom stereocenters. The number of carbonyl (C=O) groups is 3. The summed E-state index contributed by atoms with van der Waals surface area (Å²) in [5.41, 5.74) is 4.69. The van der Waals surface area contributed by atoms with Crippen LogP contribution in [0.4, 0.5) is 4.79 Å². The van der Waals surface area contributed by atoms with Gasteiger partial charge in [0.2, 0.25) is 5.91 Å². The molecule has 3 aliphatic rings. The summed E-state index contributed by atoms with van der Waals surface area (Å²) < 4.78 is 5.66. The SMILES string of the molecule is O=C(O)CC1CC(NC(=O)C2CCCC2NC(=O)OCC2c3ccccc3-c3ccccc32)C1. The van der Waals surface area contributed by atoms with Gasteiger partial charge in [0.25, 0.3) is 0 Å². The van der Waals surface area contributed by atoms with Gasteiger partial charge in [-0.15, -0.1) is 0 Å². The summed E-state index contributed by atoms with van der Waals surface area (Å²) in [6, 6.07) is 16.2. The third kappa shape index (κ3) is 4.52. The van der Waals surface area contributed by atoms with Crippen molar-refractivity contribution in [3.8, 4) is 11.1 Å². The van der Waals surface area contributed by atoms with Gasteiger partial charge in [-0.3, -0.25) is 9.59 Å². The number of fused-ring (bicyclic) bond motifs is 3. The van der Waals surface area contributed by atoms with E-state index in [1.165, 1.54) is 11.1 Å². The molecule has 2 saturated carbocycles. The number of ether oxygens (including phenoxy) is 1. The van der Waals surface area contributed by atoms with E-state index in [0.29, 0.717) is 12.8 Å². The van der Waals surface area contributed by atoms with E-state index in [1.807, 2.05) is 24.3 Å². The lowest BCUT2D eigenvalue weighted by Crippen LogP contribution is -2.50. The van der Waals surface area contributed by atoms with Crippen molar-refractivity contribution in [2.75, 3.05) is 6.61 Å². The minimum atomic E-state index is -0.794. The molecule has 2 fully saturated rings. The molecule has 0 bridgehead atoms. The maximum absolute atomic E-state index is 12.8. The van der Waals surface area contributed by atoms with E-state index in [9.17, 15) is 14.4 Å². The molecule has 3 N–H and O–H groups in total. The van der Waals surface area contributed by atoms with Crippen LogP contribution >= 0.6 is 0 Å². The van der Waals surface area contributed by atoms with Gasteiger partial charge in [0.05, 0.1) is 5.92 Å². The average Bonchev–Trinajstić information content (AvgIpc) is 3.38. The molecule has 0 aliphatic heterocycles. The predicted octanol–water partition coefficient (Wildman–Crippen LogP) is 4.06. The van der Waals surface area contributed by atoms with Crippen molar-refractivity contribution >= 4 is 18.0 Å². The molecular formula is C27H30N2O5. The average molecular weight is 463 g/mol. The van der Waals surface area contributed by atoms with Gasteiger partial charge in [-0.1, -0.05) is 55.0 Å². The summed E-state index contributed by atoms with van der Waals surface area (Å²) in [6.45, 7) is 0.247. The molecule has 5 rings (SSSR count). The Bertz CT molecular complexity index is 1050. The molecule has 0 radical (unpaired) electrons.